The van der Waals surface area contributed by atoms with E-state index in [4.69, 9.17) is 0 Å². The van der Waals surface area contributed by atoms with Crippen LogP contribution < -0.4 is 5.32 Å². The van der Waals surface area contributed by atoms with Gasteiger partial charge in [0.2, 0.25) is 0 Å². The summed E-state index contributed by atoms with van der Waals surface area (Å²) in [6.45, 7) is 1.89. The zero-order chi connectivity index (χ0) is 12.4. The third-order valence-corrected chi connectivity index (χ3v) is 2.45. The molecular weight excluding hydrogens is 218 g/mol. The molecule has 0 spiro atoms. The molecule has 0 saturated carbocycles. The standard InChI is InChI=1S/C12H13N3O2/c1-8-3-4-11(16)9(7-8)14-12(17)10-5-6-13-15(10)2/h3-7,16H,1-2H3,(H,14,17). The number of phenols is 1. The van der Waals surface area contributed by atoms with Gasteiger partial charge in [-0.05, 0) is 30.7 Å². The lowest BCUT2D eigenvalue weighted by molar-refractivity contribution is 0.101. The number of aromatic hydroxyl groups is 1. The van der Waals surface area contributed by atoms with Crippen molar-refractivity contribution >= 4 is 11.6 Å². The molecule has 1 heterocycles. The summed E-state index contributed by atoms with van der Waals surface area (Å²) in [6.07, 6.45) is 1.55. The Balaban J connectivity index is 2.24. The molecule has 5 heteroatoms. The molecule has 0 saturated heterocycles. The number of rotatable bonds is 2. The van der Waals surface area contributed by atoms with E-state index in [1.54, 1.807) is 37.5 Å². The average molecular weight is 231 g/mol. The maximum Gasteiger partial charge on any atom is 0.274 e. The Bertz CT molecular complexity index is 561. The number of amides is 1. The number of nitrogens with zero attached hydrogens (tertiary/aromatic N) is 2. The van der Waals surface area contributed by atoms with Crippen molar-refractivity contribution < 1.29 is 9.90 Å². The number of benzene rings is 1. The van der Waals surface area contributed by atoms with Crippen LogP contribution in [0.4, 0.5) is 5.69 Å². The molecule has 88 valence electrons. The molecule has 5 nitrogen and oxygen atoms in total. The van der Waals surface area contributed by atoms with Crippen LogP contribution in [0, 0.1) is 6.92 Å². The molecule has 1 amide bonds. The number of aromatic nitrogens is 2. The second-order valence-corrected chi connectivity index (χ2v) is 3.81. The van der Waals surface area contributed by atoms with E-state index < -0.39 is 0 Å². The number of hydrogen-bond acceptors (Lipinski definition) is 3. The molecule has 0 radical (unpaired) electrons. The van der Waals surface area contributed by atoms with E-state index in [2.05, 4.69) is 10.4 Å². The van der Waals surface area contributed by atoms with Gasteiger partial charge in [0.1, 0.15) is 11.4 Å². The van der Waals surface area contributed by atoms with Crippen LogP contribution in [0.5, 0.6) is 5.75 Å². The van der Waals surface area contributed by atoms with Gasteiger partial charge in [0.15, 0.2) is 0 Å². The van der Waals surface area contributed by atoms with E-state index in [0.29, 0.717) is 11.4 Å². The Morgan fingerprint density at radius 1 is 1.41 bits per heavy atom. The summed E-state index contributed by atoms with van der Waals surface area (Å²) in [5.74, 6) is -0.253. The zero-order valence-electron chi connectivity index (χ0n) is 9.64. The molecule has 0 aliphatic rings. The Hall–Kier alpha value is -2.30. The van der Waals surface area contributed by atoms with Gasteiger partial charge in [-0.3, -0.25) is 9.48 Å². The van der Waals surface area contributed by atoms with E-state index >= 15 is 0 Å². The van der Waals surface area contributed by atoms with Gasteiger partial charge >= 0.3 is 0 Å². The van der Waals surface area contributed by atoms with Crippen LogP contribution in [-0.2, 0) is 7.05 Å². The SMILES string of the molecule is Cc1ccc(O)c(NC(=O)c2ccnn2C)c1. The molecule has 0 atom stereocenters. The number of nitrogens with one attached hydrogen (secondary N) is 1. The predicted octanol–water partition coefficient (Wildman–Crippen LogP) is 1.69. The minimum absolute atomic E-state index is 0.0473. The van der Waals surface area contributed by atoms with Crippen molar-refractivity contribution in [3.63, 3.8) is 0 Å². The first kappa shape index (κ1) is 11.2. The molecular formula is C12H13N3O2. The van der Waals surface area contributed by atoms with Gasteiger partial charge in [-0.15, -0.1) is 0 Å². The summed E-state index contributed by atoms with van der Waals surface area (Å²) in [6, 6.07) is 6.65. The highest BCUT2D eigenvalue weighted by atomic mass is 16.3. The molecule has 0 unspecified atom stereocenters. The molecule has 1 aromatic carbocycles. The maximum absolute atomic E-state index is 11.9. The molecule has 2 rings (SSSR count). The smallest absolute Gasteiger partial charge is 0.274 e. The van der Waals surface area contributed by atoms with Crippen molar-refractivity contribution in [2.75, 3.05) is 5.32 Å². The Labute approximate surface area is 98.7 Å². The van der Waals surface area contributed by atoms with Crippen molar-refractivity contribution in [1.29, 1.82) is 0 Å². The normalized spacial score (nSPS) is 10.2. The molecule has 1 aromatic heterocycles. The third-order valence-electron chi connectivity index (χ3n) is 2.45. The number of phenolic OH excluding ortho intramolecular Hbond substituents is 1. The highest BCUT2D eigenvalue weighted by molar-refractivity contribution is 6.03. The zero-order valence-corrected chi connectivity index (χ0v) is 9.64. The maximum atomic E-state index is 11.9. The van der Waals surface area contributed by atoms with Gasteiger partial charge in [-0.2, -0.15) is 5.10 Å². The topological polar surface area (TPSA) is 67.2 Å². The molecule has 2 N–H and O–H groups in total. The molecule has 0 fully saturated rings. The largest absolute Gasteiger partial charge is 0.506 e. The fraction of sp³-hybridized carbons (Fsp3) is 0.167. The van der Waals surface area contributed by atoms with Crippen LogP contribution in [0.25, 0.3) is 0 Å². The van der Waals surface area contributed by atoms with E-state index in [-0.39, 0.29) is 11.7 Å². The second kappa shape index (κ2) is 4.29. The Morgan fingerprint density at radius 3 is 2.82 bits per heavy atom. The van der Waals surface area contributed by atoms with Crippen LogP contribution in [-0.4, -0.2) is 20.8 Å². The van der Waals surface area contributed by atoms with E-state index in [9.17, 15) is 9.90 Å². The second-order valence-electron chi connectivity index (χ2n) is 3.81. The first-order valence-electron chi connectivity index (χ1n) is 5.17. The van der Waals surface area contributed by atoms with Crippen molar-refractivity contribution in [2.24, 2.45) is 7.05 Å². The minimum Gasteiger partial charge on any atom is -0.506 e. The number of aryl methyl sites for hydroxylation is 2. The lowest BCUT2D eigenvalue weighted by atomic mass is 10.2. The van der Waals surface area contributed by atoms with Gasteiger partial charge in [0.05, 0.1) is 5.69 Å². The quantitative estimate of drug-likeness (QED) is 0.773. The van der Waals surface area contributed by atoms with Crippen molar-refractivity contribution in [3.05, 3.63) is 41.7 Å². The molecule has 0 aliphatic heterocycles. The van der Waals surface area contributed by atoms with Crippen LogP contribution in [0.15, 0.2) is 30.5 Å². The lowest BCUT2D eigenvalue weighted by Crippen LogP contribution is -2.16. The Kier molecular flexibility index (Phi) is 2.82. The van der Waals surface area contributed by atoms with Gasteiger partial charge in [-0.1, -0.05) is 6.07 Å². The van der Waals surface area contributed by atoms with Gasteiger partial charge in [0.25, 0.3) is 5.91 Å². The number of carbonyl (C=O) groups is 1. The fourth-order valence-electron chi connectivity index (χ4n) is 1.53. The minimum atomic E-state index is -0.300. The predicted molar refractivity (Wildman–Crippen MR) is 64.0 cm³/mol. The summed E-state index contributed by atoms with van der Waals surface area (Å²) in [4.78, 5) is 11.9. The van der Waals surface area contributed by atoms with Crippen LogP contribution in [0.3, 0.4) is 0 Å². The van der Waals surface area contributed by atoms with Crippen molar-refractivity contribution in [1.82, 2.24) is 9.78 Å². The summed E-state index contributed by atoms with van der Waals surface area (Å²) in [5, 5.41) is 16.2. The number of anilines is 1. The van der Waals surface area contributed by atoms with Crippen LogP contribution in [0.2, 0.25) is 0 Å². The van der Waals surface area contributed by atoms with Gasteiger partial charge in [0, 0.05) is 13.2 Å². The highest BCUT2D eigenvalue weighted by Crippen LogP contribution is 2.24. The lowest BCUT2D eigenvalue weighted by Gasteiger charge is -2.08. The molecule has 17 heavy (non-hydrogen) atoms. The molecule has 0 aliphatic carbocycles. The first-order valence-corrected chi connectivity index (χ1v) is 5.17. The number of carbonyl (C=O) groups excluding carboxylic acids is 1. The molecule has 2 aromatic rings. The average Bonchev–Trinajstić information content (AvgIpc) is 2.70. The summed E-state index contributed by atoms with van der Waals surface area (Å²) in [5.41, 5.74) is 1.80. The first-order chi connectivity index (χ1) is 8.08. The third kappa shape index (κ3) is 2.28. The highest BCUT2D eigenvalue weighted by Gasteiger charge is 2.11. The van der Waals surface area contributed by atoms with Crippen molar-refractivity contribution in [3.8, 4) is 5.75 Å². The summed E-state index contributed by atoms with van der Waals surface area (Å²) in [7, 11) is 1.69. The van der Waals surface area contributed by atoms with Crippen LogP contribution in [0.1, 0.15) is 16.1 Å². The number of hydrogen-bond donors (Lipinski definition) is 2. The van der Waals surface area contributed by atoms with E-state index in [1.807, 2.05) is 6.92 Å². The van der Waals surface area contributed by atoms with E-state index in [0.717, 1.165) is 5.56 Å². The van der Waals surface area contributed by atoms with Gasteiger partial charge < -0.3 is 10.4 Å². The Morgan fingerprint density at radius 2 is 2.18 bits per heavy atom. The fourth-order valence-corrected chi connectivity index (χ4v) is 1.53. The van der Waals surface area contributed by atoms with Crippen LogP contribution >= 0.6 is 0 Å². The van der Waals surface area contributed by atoms with Crippen molar-refractivity contribution in [2.45, 2.75) is 6.92 Å². The van der Waals surface area contributed by atoms with E-state index in [1.165, 1.54) is 4.68 Å². The van der Waals surface area contributed by atoms with Gasteiger partial charge in [-0.25, -0.2) is 0 Å². The summed E-state index contributed by atoms with van der Waals surface area (Å²) < 4.78 is 1.47. The molecule has 0 bridgehead atoms. The summed E-state index contributed by atoms with van der Waals surface area (Å²) >= 11 is 0. The monoisotopic (exact) mass is 231 g/mol.